The van der Waals surface area contributed by atoms with E-state index in [-0.39, 0.29) is 17.5 Å². The maximum absolute atomic E-state index is 14.5. The average molecular weight is 462 g/mol. The summed E-state index contributed by atoms with van der Waals surface area (Å²) < 4.78 is 32.0. The van der Waals surface area contributed by atoms with Crippen LogP contribution in [-0.4, -0.2) is 41.5 Å². The number of benzene rings is 3. The van der Waals surface area contributed by atoms with Gasteiger partial charge < -0.3 is 19.5 Å². The maximum Gasteiger partial charge on any atom is 0.336 e. The Morgan fingerprint density at radius 1 is 0.971 bits per heavy atom. The highest BCUT2D eigenvalue weighted by atomic mass is 19.1. The Labute approximate surface area is 195 Å². The number of rotatable bonds is 8. The smallest absolute Gasteiger partial charge is 0.336 e. The summed E-state index contributed by atoms with van der Waals surface area (Å²) in [6, 6.07) is 18.5. The Morgan fingerprint density at radius 2 is 1.65 bits per heavy atom. The highest BCUT2D eigenvalue weighted by Crippen LogP contribution is 2.30. The zero-order valence-corrected chi connectivity index (χ0v) is 18.9. The molecule has 0 saturated carbocycles. The van der Waals surface area contributed by atoms with Crippen LogP contribution in [0.3, 0.4) is 0 Å². The molecule has 0 bridgehead atoms. The van der Waals surface area contributed by atoms with Gasteiger partial charge in [0.05, 0.1) is 32.1 Å². The van der Waals surface area contributed by atoms with E-state index in [0.717, 1.165) is 0 Å². The van der Waals surface area contributed by atoms with Crippen LogP contribution in [0, 0.1) is 5.82 Å². The third-order valence-corrected chi connectivity index (χ3v) is 5.00. The van der Waals surface area contributed by atoms with Crippen molar-refractivity contribution in [3.05, 3.63) is 78.1 Å². The van der Waals surface area contributed by atoms with Crippen molar-refractivity contribution >= 4 is 11.6 Å². The van der Waals surface area contributed by atoms with E-state index in [1.54, 1.807) is 60.7 Å². The lowest BCUT2D eigenvalue weighted by Gasteiger charge is -2.13. The number of aromatic nitrogens is 3. The summed E-state index contributed by atoms with van der Waals surface area (Å²) >= 11 is 0. The molecule has 9 heteroatoms. The summed E-state index contributed by atoms with van der Waals surface area (Å²) in [5.41, 5.74) is 1.74. The Bertz CT molecular complexity index is 1280. The molecule has 4 rings (SSSR count). The standard InChI is InChI=1S/C25H23FN4O4/c1-4-34-25-28-23(18-8-5-6-9-19(18)26)30(29-25)17-14-12-16(13-15-17)27-24(31)22-20(32-2)10-7-11-21(22)33-3/h5-15H,4H2,1-3H3,(H,27,31). The van der Waals surface area contributed by atoms with Crippen molar-refractivity contribution in [2.75, 3.05) is 26.1 Å². The van der Waals surface area contributed by atoms with Crippen molar-refractivity contribution in [1.82, 2.24) is 14.8 Å². The van der Waals surface area contributed by atoms with Gasteiger partial charge in [-0.05, 0) is 55.5 Å². The summed E-state index contributed by atoms with van der Waals surface area (Å²) in [4.78, 5) is 17.3. The van der Waals surface area contributed by atoms with Crippen molar-refractivity contribution in [2.24, 2.45) is 0 Å². The molecule has 0 radical (unpaired) electrons. The molecule has 1 aromatic heterocycles. The van der Waals surface area contributed by atoms with Gasteiger partial charge in [-0.15, -0.1) is 5.10 Å². The Balaban J connectivity index is 1.64. The second kappa shape index (κ2) is 10.0. The predicted octanol–water partition coefficient (Wildman–Crippen LogP) is 4.74. The molecule has 0 aliphatic heterocycles. The molecule has 34 heavy (non-hydrogen) atoms. The average Bonchev–Trinajstić information content (AvgIpc) is 3.28. The van der Waals surface area contributed by atoms with Crippen LogP contribution in [0.5, 0.6) is 17.5 Å². The number of ether oxygens (including phenoxy) is 3. The van der Waals surface area contributed by atoms with Gasteiger partial charge in [0, 0.05) is 5.69 Å². The van der Waals surface area contributed by atoms with Crippen LogP contribution in [0.2, 0.25) is 0 Å². The van der Waals surface area contributed by atoms with E-state index in [2.05, 4.69) is 15.4 Å². The zero-order valence-electron chi connectivity index (χ0n) is 18.9. The summed E-state index contributed by atoms with van der Waals surface area (Å²) in [6.07, 6.45) is 0. The van der Waals surface area contributed by atoms with Gasteiger partial charge in [-0.2, -0.15) is 4.98 Å². The van der Waals surface area contributed by atoms with Crippen LogP contribution in [0.4, 0.5) is 10.1 Å². The van der Waals surface area contributed by atoms with Crippen molar-refractivity contribution < 1.29 is 23.4 Å². The molecule has 174 valence electrons. The van der Waals surface area contributed by atoms with E-state index < -0.39 is 5.82 Å². The molecule has 0 saturated heterocycles. The molecule has 0 aliphatic carbocycles. The molecule has 0 atom stereocenters. The van der Waals surface area contributed by atoms with E-state index >= 15 is 0 Å². The van der Waals surface area contributed by atoms with Crippen LogP contribution in [0.15, 0.2) is 66.7 Å². The molecule has 4 aromatic rings. The molecule has 0 spiro atoms. The van der Waals surface area contributed by atoms with E-state index in [1.165, 1.54) is 25.0 Å². The van der Waals surface area contributed by atoms with E-state index in [9.17, 15) is 9.18 Å². The van der Waals surface area contributed by atoms with E-state index in [1.807, 2.05) is 6.92 Å². The van der Waals surface area contributed by atoms with Crippen LogP contribution < -0.4 is 19.5 Å². The lowest BCUT2D eigenvalue weighted by atomic mass is 10.1. The minimum Gasteiger partial charge on any atom is -0.496 e. The van der Waals surface area contributed by atoms with Gasteiger partial charge in [0.2, 0.25) is 0 Å². The normalized spacial score (nSPS) is 10.6. The summed E-state index contributed by atoms with van der Waals surface area (Å²) in [6.45, 7) is 2.19. The number of carbonyl (C=O) groups is 1. The van der Waals surface area contributed by atoms with E-state index in [0.29, 0.717) is 40.9 Å². The number of anilines is 1. The van der Waals surface area contributed by atoms with Crippen molar-refractivity contribution in [2.45, 2.75) is 6.92 Å². The number of hydrogen-bond donors (Lipinski definition) is 1. The first-order valence-electron chi connectivity index (χ1n) is 10.5. The van der Waals surface area contributed by atoms with Gasteiger partial charge in [-0.1, -0.05) is 18.2 Å². The number of amides is 1. The molecule has 8 nitrogen and oxygen atoms in total. The van der Waals surface area contributed by atoms with Crippen molar-refractivity contribution in [1.29, 1.82) is 0 Å². The van der Waals surface area contributed by atoms with Crippen LogP contribution in [-0.2, 0) is 0 Å². The number of carbonyl (C=O) groups excluding carboxylic acids is 1. The minimum atomic E-state index is -0.422. The first-order valence-corrected chi connectivity index (χ1v) is 10.5. The molecule has 0 unspecified atom stereocenters. The summed E-state index contributed by atoms with van der Waals surface area (Å²) in [5, 5.41) is 7.21. The Hall–Kier alpha value is -4.40. The third kappa shape index (κ3) is 4.54. The first-order chi connectivity index (χ1) is 16.5. The fourth-order valence-electron chi connectivity index (χ4n) is 3.43. The molecule has 1 amide bonds. The molecular formula is C25H23FN4O4. The fourth-order valence-corrected chi connectivity index (χ4v) is 3.43. The molecule has 3 aromatic carbocycles. The van der Waals surface area contributed by atoms with Gasteiger partial charge >= 0.3 is 6.01 Å². The predicted molar refractivity (Wildman–Crippen MR) is 125 cm³/mol. The summed E-state index contributed by atoms with van der Waals surface area (Å²) in [7, 11) is 2.98. The van der Waals surface area contributed by atoms with Crippen molar-refractivity contribution in [3.63, 3.8) is 0 Å². The van der Waals surface area contributed by atoms with Crippen LogP contribution in [0.1, 0.15) is 17.3 Å². The molecule has 1 N–H and O–H groups in total. The highest BCUT2D eigenvalue weighted by molar-refractivity contribution is 6.08. The SMILES string of the molecule is CCOc1nc(-c2ccccc2F)n(-c2ccc(NC(=O)c3c(OC)cccc3OC)cc2)n1. The van der Waals surface area contributed by atoms with Crippen molar-refractivity contribution in [3.8, 4) is 34.6 Å². The lowest BCUT2D eigenvalue weighted by molar-refractivity contribution is 0.102. The molecular weight excluding hydrogens is 439 g/mol. The summed E-state index contributed by atoms with van der Waals surface area (Å²) in [5.74, 6) is 0.294. The number of methoxy groups -OCH3 is 2. The van der Waals surface area contributed by atoms with Gasteiger partial charge in [0.15, 0.2) is 5.82 Å². The minimum absolute atomic E-state index is 0.140. The van der Waals surface area contributed by atoms with Crippen LogP contribution >= 0.6 is 0 Å². The molecule has 0 fully saturated rings. The van der Waals surface area contributed by atoms with Gasteiger partial charge in [-0.3, -0.25) is 4.79 Å². The number of nitrogens with one attached hydrogen (secondary N) is 1. The quantitative estimate of drug-likeness (QED) is 0.407. The number of hydrogen-bond acceptors (Lipinski definition) is 6. The first kappa shape index (κ1) is 22.8. The van der Waals surface area contributed by atoms with Crippen LogP contribution in [0.25, 0.3) is 17.1 Å². The fraction of sp³-hybridized carbons (Fsp3) is 0.160. The Kier molecular flexibility index (Phi) is 6.72. The van der Waals surface area contributed by atoms with E-state index in [4.69, 9.17) is 14.2 Å². The zero-order chi connectivity index (χ0) is 24.1. The molecule has 0 aliphatic rings. The monoisotopic (exact) mass is 462 g/mol. The number of nitrogens with zero attached hydrogens (tertiary/aromatic N) is 3. The second-order valence-corrected chi connectivity index (χ2v) is 7.08. The topological polar surface area (TPSA) is 87.5 Å². The Morgan fingerprint density at radius 3 is 2.26 bits per heavy atom. The van der Waals surface area contributed by atoms with Gasteiger partial charge in [-0.25, -0.2) is 9.07 Å². The molecule has 1 heterocycles. The third-order valence-electron chi connectivity index (χ3n) is 5.00. The lowest BCUT2D eigenvalue weighted by Crippen LogP contribution is -2.14. The highest BCUT2D eigenvalue weighted by Gasteiger charge is 2.20. The largest absolute Gasteiger partial charge is 0.496 e. The number of halogens is 1. The maximum atomic E-state index is 14.5. The van der Waals surface area contributed by atoms with Gasteiger partial charge in [0.25, 0.3) is 5.91 Å². The second-order valence-electron chi connectivity index (χ2n) is 7.08. The van der Waals surface area contributed by atoms with Gasteiger partial charge in [0.1, 0.15) is 22.9 Å².